The first kappa shape index (κ1) is 16.2. The average molecular weight is 268 g/mol. The van der Waals surface area contributed by atoms with Crippen LogP contribution in [0.25, 0.3) is 0 Å². The zero-order chi connectivity index (χ0) is 14.1. The van der Waals surface area contributed by atoms with Crippen LogP contribution in [0.3, 0.4) is 0 Å². The van der Waals surface area contributed by atoms with Gasteiger partial charge in [-0.2, -0.15) is 0 Å². The lowest BCUT2D eigenvalue weighted by atomic mass is 9.94. The Morgan fingerprint density at radius 2 is 2.05 bits per heavy atom. The lowest BCUT2D eigenvalue weighted by Crippen LogP contribution is -2.35. The lowest BCUT2D eigenvalue weighted by molar-refractivity contribution is -0.132. The number of nitrogens with one attached hydrogen (secondary N) is 1. The minimum Gasteiger partial charge on any atom is -0.478 e. The van der Waals surface area contributed by atoms with E-state index in [2.05, 4.69) is 17.3 Å². The van der Waals surface area contributed by atoms with Crippen LogP contribution in [0.2, 0.25) is 0 Å². The molecule has 2 N–H and O–H groups in total. The van der Waals surface area contributed by atoms with Crippen molar-refractivity contribution in [1.29, 1.82) is 0 Å². The second-order valence-corrected chi connectivity index (χ2v) is 5.52. The quantitative estimate of drug-likeness (QED) is 0.524. The first-order chi connectivity index (χ1) is 9.11. The van der Waals surface area contributed by atoms with Crippen LogP contribution in [-0.2, 0) is 4.79 Å². The molecule has 4 nitrogen and oxygen atoms in total. The monoisotopic (exact) mass is 268 g/mol. The minimum atomic E-state index is -0.834. The number of aliphatic carboxylic acids is 1. The van der Waals surface area contributed by atoms with E-state index in [-0.39, 0.29) is 0 Å². The molecule has 110 valence electrons. The van der Waals surface area contributed by atoms with Crippen LogP contribution in [0.1, 0.15) is 45.4 Å². The average Bonchev–Trinajstić information content (AvgIpc) is 2.42. The van der Waals surface area contributed by atoms with Gasteiger partial charge in [0.2, 0.25) is 0 Å². The summed E-state index contributed by atoms with van der Waals surface area (Å²) in [6.07, 6.45) is 9.72. The first-order valence-corrected chi connectivity index (χ1v) is 7.42. The van der Waals surface area contributed by atoms with E-state index in [4.69, 9.17) is 5.11 Å². The summed E-state index contributed by atoms with van der Waals surface area (Å²) < 4.78 is 0. The highest BCUT2D eigenvalue weighted by atomic mass is 16.4. The maximum Gasteiger partial charge on any atom is 0.330 e. The maximum absolute atomic E-state index is 10.6. The van der Waals surface area contributed by atoms with Crippen LogP contribution >= 0.6 is 0 Å². The van der Waals surface area contributed by atoms with Crippen LogP contribution in [0.5, 0.6) is 0 Å². The molecular formula is C15H28N2O2. The number of hydrogen-bond donors (Lipinski definition) is 2. The second kappa shape index (κ2) is 9.10. The molecule has 1 rings (SSSR count). The highest BCUT2D eigenvalue weighted by molar-refractivity contribution is 5.85. The van der Waals surface area contributed by atoms with Crippen LogP contribution < -0.4 is 5.32 Å². The Kier molecular flexibility index (Phi) is 7.75. The van der Waals surface area contributed by atoms with Crippen molar-refractivity contribution in [2.24, 2.45) is 0 Å². The predicted molar refractivity (Wildman–Crippen MR) is 78.4 cm³/mol. The predicted octanol–water partition coefficient (Wildman–Crippen LogP) is 2.26. The number of nitrogens with zero attached hydrogens (tertiary/aromatic N) is 1. The molecule has 0 bridgehead atoms. The zero-order valence-electron chi connectivity index (χ0n) is 12.3. The van der Waals surface area contributed by atoms with E-state index in [1.165, 1.54) is 32.1 Å². The van der Waals surface area contributed by atoms with Crippen molar-refractivity contribution in [3.05, 3.63) is 11.6 Å². The first-order valence-electron chi connectivity index (χ1n) is 7.42. The van der Waals surface area contributed by atoms with Crippen LogP contribution in [0, 0.1) is 0 Å². The van der Waals surface area contributed by atoms with E-state index in [0.717, 1.165) is 25.6 Å². The molecule has 0 aromatic carbocycles. The van der Waals surface area contributed by atoms with E-state index in [0.29, 0.717) is 12.1 Å². The van der Waals surface area contributed by atoms with Crippen molar-refractivity contribution < 1.29 is 9.90 Å². The maximum atomic E-state index is 10.6. The van der Waals surface area contributed by atoms with Gasteiger partial charge < -0.3 is 15.3 Å². The third-order valence-corrected chi connectivity index (χ3v) is 3.95. The summed E-state index contributed by atoms with van der Waals surface area (Å²) in [5.74, 6) is -0.834. The number of carboxylic acids is 1. The van der Waals surface area contributed by atoms with Gasteiger partial charge >= 0.3 is 5.97 Å². The van der Waals surface area contributed by atoms with E-state index >= 15 is 0 Å². The van der Waals surface area contributed by atoms with Gasteiger partial charge in [-0.1, -0.05) is 25.3 Å². The molecule has 0 amide bonds. The van der Waals surface area contributed by atoms with Crippen LogP contribution in [0.15, 0.2) is 11.6 Å². The molecule has 0 aromatic heterocycles. The fraction of sp³-hybridized carbons (Fsp3) is 0.800. The van der Waals surface area contributed by atoms with Gasteiger partial charge in [0.1, 0.15) is 0 Å². The summed E-state index contributed by atoms with van der Waals surface area (Å²) in [7, 11) is 2.23. The summed E-state index contributed by atoms with van der Waals surface area (Å²) in [5, 5.41) is 12.0. The molecule has 0 atom stereocenters. The van der Waals surface area contributed by atoms with E-state index in [9.17, 15) is 4.79 Å². The third kappa shape index (κ3) is 6.73. The standard InChI is InChI=1S/C15H28N2O2/c1-13(15(18)19)9-11-16-10-6-12-17(2)14-7-4-3-5-8-14/h9,14,16H,3-8,10-12H2,1-2H3,(H,18,19)/b13-9-. The SMILES string of the molecule is C/C(=C/CNCCCN(C)C1CCCCC1)C(=O)O. The number of carboxylic acid groups (broad SMARTS) is 1. The topological polar surface area (TPSA) is 52.6 Å². The van der Waals surface area contributed by atoms with Gasteiger partial charge in [-0.05, 0) is 46.3 Å². The Hall–Kier alpha value is -0.870. The molecule has 0 heterocycles. The zero-order valence-corrected chi connectivity index (χ0v) is 12.3. The molecule has 0 unspecified atom stereocenters. The van der Waals surface area contributed by atoms with Gasteiger partial charge in [0.15, 0.2) is 0 Å². The van der Waals surface area contributed by atoms with Crippen molar-refractivity contribution in [2.45, 2.75) is 51.5 Å². The Balaban J connectivity index is 2.04. The van der Waals surface area contributed by atoms with Gasteiger partial charge in [0.05, 0.1) is 0 Å². The fourth-order valence-electron chi connectivity index (χ4n) is 2.57. The molecule has 19 heavy (non-hydrogen) atoms. The lowest BCUT2D eigenvalue weighted by Gasteiger charge is -2.31. The van der Waals surface area contributed by atoms with Gasteiger partial charge in [-0.3, -0.25) is 0 Å². The molecule has 0 aliphatic heterocycles. The normalized spacial score (nSPS) is 17.9. The van der Waals surface area contributed by atoms with Gasteiger partial charge in [-0.15, -0.1) is 0 Å². The van der Waals surface area contributed by atoms with Crippen molar-refractivity contribution in [1.82, 2.24) is 10.2 Å². The summed E-state index contributed by atoms with van der Waals surface area (Å²) in [4.78, 5) is 13.1. The molecule has 1 aliphatic rings. The van der Waals surface area contributed by atoms with Crippen LogP contribution in [-0.4, -0.2) is 48.7 Å². The minimum absolute atomic E-state index is 0.409. The largest absolute Gasteiger partial charge is 0.478 e. The summed E-state index contributed by atoms with van der Waals surface area (Å²) in [6, 6.07) is 0.780. The van der Waals surface area contributed by atoms with Crippen molar-refractivity contribution in [2.75, 3.05) is 26.7 Å². The summed E-state index contributed by atoms with van der Waals surface area (Å²) >= 11 is 0. The molecule has 0 aromatic rings. The van der Waals surface area contributed by atoms with E-state index in [1.54, 1.807) is 13.0 Å². The molecule has 1 fully saturated rings. The van der Waals surface area contributed by atoms with Crippen molar-refractivity contribution >= 4 is 5.97 Å². The second-order valence-electron chi connectivity index (χ2n) is 5.52. The summed E-state index contributed by atoms with van der Waals surface area (Å²) in [6.45, 7) is 4.34. The molecule has 1 saturated carbocycles. The number of carbonyl (C=O) groups is 1. The molecule has 0 radical (unpaired) electrons. The Bertz CT molecular complexity index is 297. The smallest absolute Gasteiger partial charge is 0.330 e. The van der Waals surface area contributed by atoms with E-state index < -0.39 is 5.97 Å². The van der Waals surface area contributed by atoms with Gasteiger partial charge in [0.25, 0.3) is 0 Å². The molecular weight excluding hydrogens is 240 g/mol. The van der Waals surface area contributed by atoms with Gasteiger partial charge in [-0.25, -0.2) is 4.79 Å². The van der Waals surface area contributed by atoms with E-state index in [1.807, 2.05) is 0 Å². The van der Waals surface area contributed by atoms with Crippen molar-refractivity contribution in [3.63, 3.8) is 0 Å². The molecule has 1 aliphatic carbocycles. The summed E-state index contributed by atoms with van der Waals surface area (Å²) in [5.41, 5.74) is 0.409. The fourth-order valence-corrected chi connectivity index (χ4v) is 2.57. The molecule has 0 saturated heterocycles. The molecule has 4 heteroatoms. The van der Waals surface area contributed by atoms with Crippen molar-refractivity contribution in [3.8, 4) is 0 Å². The highest BCUT2D eigenvalue weighted by Crippen LogP contribution is 2.21. The third-order valence-electron chi connectivity index (χ3n) is 3.95. The Morgan fingerprint density at radius 1 is 1.37 bits per heavy atom. The Labute approximate surface area is 116 Å². The van der Waals surface area contributed by atoms with Gasteiger partial charge in [0, 0.05) is 18.2 Å². The number of rotatable bonds is 8. The van der Waals surface area contributed by atoms with Crippen LogP contribution in [0.4, 0.5) is 0 Å². The Morgan fingerprint density at radius 3 is 2.68 bits per heavy atom. The highest BCUT2D eigenvalue weighted by Gasteiger charge is 2.16. The molecule has 0 spiro atoms. The number of hydrogen-bond acceptors (Lipinski definition) is 3.